The summed E-state index contributed by atoms with van der Waals surface area (Å²) in [5.74, 6) is 0.592. The number of hydrogen-bond donors (Lipinski definition) is 4. The molecule has 1 aromatic carbocycles. The van der Waals surface area contributed by atoms with Gasteiger partial charge in [-0.1, -0.05) is 25.7 Å². The Balaban J connectivity index is 1.65. The van der Waals surface area contributed by atoms with Crippen molar-refractivity contribution in [1.29, 1.82) is 0 Å². The second-order valence-corrected chi connectivity index (χ2v) is 8.69. The predicted octanol–water partition coefficient (Wildman–Crippen LogP) is 1.84. The van der Waals surface area contributed by atoms with Gasteiger partial charge < -0.3 is 20.1 Å². The Labute approximate surface area is 179 Å². The molecule has 1 fully saturated rings. The summed E-state index contributed by atoms with van der Waals surface area (Å²) in [4.78, 5) is 31.5. The number of aromatic hydroxyl groups is 1. The maximum atomic E-state index is 12.9. The Morgan fingerprint density at radius 2 is 1.90 bits per heavy atom. The number of benzene rings is 1. The minimum absolute atomic E-state index is 0.0827. The van der Waals surface area contributed by atoms with Crippen LogP contribution in [0.1, 0.15) is 67.4 Å². The summed E-state index contributed by atoms with van der Waals surface area (Å²) in [6.07, 6.45) is 6.85. The van der Waals surface area contributed by atoms with Gasteiger partial charge in [0.15, 0.2) is 6.04 Å². The highest BCUT2D eigenvalue weighted by molar-refractivity contribution is 5.86. The molecule has 1 atom stereocenters. The zero-order valence-electron chi connectivity index (χ0n) is 17.7. The topological polar surface area (TPSA) is 117 Å². The summed E-state index contributed by atoms with van der Waals surface area (Å²) in [5.41, 5.74) is 2.23. The van der Waals surface area contributed by atoms with Crippen LogP contribution in [0, 0.1) is 0 Å². The first-order valence-corrected chi connectivity index (χ1v) is 11.2. The maximum Gasteiger partial charge on any atom is 0.331 e. The number of hydrogen-bond acceptors (Lipinski definition) is 4. The fourth-order valence-electron chi connectivity index (χ4n) is 5.37. The number of ether oxygens (including phenoxy) is 1. The number of rotatable bonds is 3. The Morgan fingerprint density at radius 3 is 2.65 bits per heavy atom. The van der Waals surface area contributed by atoms with Gasteiger partial charge in [0.05, 0.1) is 19.3 Å². The average Bonchev–Trinajstić information content (AvgIpc) is 2.92. The average molecular weight is 426 g/mol. The molecule has 164 valence electrons. The molecule has 0 bridgehead atoms. The molecule has 2 aliphatic rings. The van der Waals surface area contributed by atoms with Gasteiger partial charge in [0.2, 0.25) is 5.88 Å². The van der Waals surface area contributed by atoms with Gasteiger partial charge in [-0.15, -0.1) is 0 Å². The van der Waals surface area contributed by atoms with Crippen LogP contribution in [0.2, 0.25) is 0 Å². The van der Waals surface area contributed by atoms with Gasteiger partial charge in [0, 0.05) is 23.4 Å². The van der Waals surface area contributed by atoms with Crippen LogP contribution in [-0.2, 0) is 6.42 Å². The fraction of sp³-hybridized carbons (Fsp3) is 0.478. The monoisotopic (exact) mass is 425 g/mol. The van der Waals surface area contributed by atoms with E-state index in [1.54, 1.807) is 7.11 Å². The maximum absolute atomic E-state index is 12.9. The van der Waals surface area contributed by atoms with Crippen LogP contribution in [0.5, 0.6) is 11.6 Å². The van der Waals surface area contributed by atoms with Crippen molar-refractivity contribution in [1.82, 2.24) is 14.5 Å². The van der Waals surface area contributed by atoms with E-state index in [9.17, 15) is 14.7 Å². The second-order valence-electron chi connectivity index (χ2n) is 8.69. The third kappa shape index (κ3) is 3.35. The molecular weight excluding hydrogens is 396 g/mol. The number of quaternary nitrogens is 1. The first-order valence-electron chi connectivity index (χ1n) is 11.2. The summed E-state index contributed by atoms with van der Waals surface area (Å²) in [6, 6.07) is 5.40. The molecule has 5 N–H and O–H groups in total. The first kappa shape index (κ1) is 19.9. The van der Waals surface area contributed by atoms with Crippen LogP contribution in [0.4, 0.5) is 0 Å². The van der Waals surface area contributed by atoms with Gasteiger partial charge in [-0.05, 0) is 36.6 Å². The molecule has 2 aromatic heterocycles. The molecule has 5 rings (SSSR count). The fourth-order valence-corrected chi connectivity index (χ4v) is 5.37. The number of nitrogens with one attached hydrogen (secondary N) is 2. The third-order valence-corrected chi connectivity index (χ3v) is 6.91. The summed E-state index contributed by atoms with van der Waals surface area (Å²) in [7, 11) is 1.64. The van der Waals surface area contributed by atoms with Gasteiger partial charge in [-0.3, -0.25) is 14.3 Å². The van der Waals surface area contributed by atoms with Crippen molar-refractivity contribution in [3.8, 4) is 11.6 Å². The number of fused-ring (bicyclic) bond motifs is 3. The zero-order chi connectivity index (χ0) is 21.5. The molecule has 0 unspecified atom stereocenters. The van der Waals surface area contributed by atoms with E-state index in [1.165, 1.54) is 4.57 Å². The van der Waals surface area contributed by atoms with E-state index >= 15 is 0 Å². The molecule has 1 aliphatic heterocycles. The van der Waals surface area contributed by atoms with E-state index < -0.39 is 17.3 Å². The van der Waals surface area contributed by atoms with Crippen molar-refractivity contribution >= 4 is 10.9 Å². The van der Waals surface area contributed by atoms with E-state index in [1.807, 2.05) is 18.2 Å². The van der Waals surface area contributed by atoms with Crippen molar-refractivity contribution in [3.05, 3.63) is 55.9 Å². The highest BCUT2D eigenvalue weighted by Gasteiger charge is 2.35. The van der Waals surface area contributed by atoms with Gasteiger partial charge in [0.1, 0.15) is 11.3 Å². The lowest BCUT2D eigenvalue weighted by Gasteiger charge is -2.24. The Bertz CT molecular complexity index is 1230. The highest BCUT2D eigenvalue weighted by atomic mass is 16.5. The van der Waals surface area contributed by atoms with Crippen LogP contribution < -0.4 is 21.3 Å². The molecule has 0 amide bonds. The van der Waals surface area contributed by atoms with Crippen LogP contribution in [0.15, 0.2) is 27.8 Å². The smallest absolute Gasteiger partial charge is 0.331 e. The number of aromatic amines is 2. The number of nitrogens with zero attached hydrogens (tertiary/aromatic N) is 1. The van der Waals surface area contributed by atoms with Crippen molar-refractivity contribution in [2.45, 2.75) is 57.0 Å². The zero-order valence-corrected chi connectivity index (χ0v) is 17.7. The minimum Gasteiger partial charge on any atom is -0.497 e. The SMILES string of the molecule is COc1ccc2[nH]c3c(c2c1)CC[NH2+][C@@H]3c1c(O)n(C2CCCCCC2)c(=O)[nH]c1=O. The molecule has 31 heavy (non-hydrogen) atoms. The van der Waals surface area contributed by atoms with Crippen molar-refractivity contribution in [2.75, 3.05) is 13.7 Å². The molecule has 1 saturated carbocycles. The normalized spacial score (nSPS) is 19.8. The van der Waals surface area contributed by atoms with E-state index in [0.717, 1.165) is 79.4 Å². The van der Waals surface area contributed by atoms with E-state index in [4.69, 9.17) is 4.74 Å². The van der Waals surface area contributed by atoms with Gasteiger partial charge >= 0.3 is 5.69 Å². The van der Waals surface area contributed by atoms with Crippen LogP contribution >= 0.6 is 0 Å². The van der Waals surface area contributed by atoms with Crippen molar-refractivity contribution < 1.29 is 15.2 Å². The molecular formula is C23H29N4O4+. The molecule has 3 aromatic rings. The van der Waals surface area contributed by atoms with Gasteiger partial charge in [0.25, 0.3) is 5.56 Å². The van der Waals surface area contributed by atoms with E-state index in [0.29, 0.717) is 0 Å². The lowest BCUT2D eigenvalue weighted by atomic mass is 9.95. The summed E-state index contributed by atoms with van der Waals surface area (Å²) in [6.45, 7) is 0.781. The van der Waals surface area contributed by atoms with Crippen LogP contribution in [0.25, 0.3) is 10.9 Å². The van der Waals surface area contributed by atoms with Gasteiger partial charge in [-0.25, -0.2) is 4.79 Å². The predicted molar refractivity (Wildman–Crippen MR) is 117 cm³/mol. The van der Waals surface area contributed by atoms with E-state index in [-0.39, 0.29) is 17.5 Å². The Kier molecular flexibility index (Phi) is 5.09. The molecule has 0 spiro atoms. The molecule has 0 saturated heterocycles. The lowest BCUT2D eigenvalue weighted by molar-refractivity contribution is -0.690. The number of aromatic nitrogens is 3. The quantitative estimate of drug-likeness (QED) is 0.479. The van der Waals surface area contributed by atoms with Crippen LogP contribution in [-0.4, -0.2) is 33.3 Å². The minimum atomic E-state index is -0.518. The molecule has 8 nitrogen and oxygen atoms in total. The third-order valence-electron chi connectivity index (χ3n) is 6.91. The number of methoxy groups -OCH3 is 1. The van der Waals surface area contributed by atoms with Gasteiger partial charge in [-0.2, -0.15) is 0 Å². The Hall–Kier alpha value is -3.00. The highest BCUT2D eigenvalue weighted by Crippen LogP contribution is 2.35. The molecule has 3 heterocycles. The lowest BCUT2D eigenvalue weighted by Crippen LogP contribution is -2.87. The second kappa shape index (κ2) is 7.92. The molecule has 8 heteroatoms. The summed E-state index contributed by atoms with van der Waals surface area (Å²) < 4.78 is 6.81. The van der Waals surface area contributed by atoms with Crippen molar-refractivity contribution in [2.24, 2.45) is 0 Å². The standard InChI is InChI=1S/C23H28N4O4/c1-31-14-8-9-17-16(12-14)15-10-11-24-20(19(15)25-17)18-21(28)26-23(30)27(22(18)29)13-6-4-2-3-5-7-13/h8-9,12-13,20,24-25,29H,2-7,10-11H2,1H3,(H,26,28,30)/p+1/t20-/m1/s1. The number of nitrogens with two attached hydrogens (primary N) is 1. The number of H-pyrrole nitrogens is 2. The Morgan fingerprint density at radius 1 is 1.13 bits per heavy atom. The van der Waals surface area contributed by atoms with Crippen LogP contribution in [0.3, 0.4) is 0 Å². The largest absolute Gasteiger partial charge is 0.497 e. The van der Waals surface area contributed by atoms with E-state index in [2.05, 4.69) is 15.3 Å². The van der Waals surface area contributed by atoms with Crippen molar-refractivity contribution in [3.63, 3.8) is 0 Å². The molecule has 0 radical (unpaired) electrons. The first-order chi connectivity index (χ1) is 15.1. The molecule has 1 aliphatic carbocycles. The summed E-state index contributed by atoms with van der Waals surface area (Å²) in [5, 5.41) is 14.3. The summed E-state index contributed by atoms with van der Waals surface area (Å²) >= 11 is 0.